The molecular formula is C21H30ClN5O4. The normalized spacial score (nSPS) is 16.5. The zero-order valence-corrected chi connectivity index (χ0v) is 19.1. The Morgan fingerprint density at radius 2 is 1.97 bits per heavy atom. The summed E-state index contributed by atoms with van der Waals surface area (Å²) in [5.74, 6) is 0.340. The Bertz CT molecular complexity index is 996. The van der Waals surface area contributed by atoms with E-state index in [1.54, 1.807) is 25.1 Å². The zero-order valence-electron chi connectivity index (χ0n) is 18.4. The van der Waals surface area contributed by atoms with Crippen LogP contribution in [-0.4, -0.2) is 70.7 Å². The number of rotatable bonds is 6. The van der Waals surface area contributed by atoms with Crippen LogP contribution in [0.4, 0.5) is 4.79 Å². The molecule has 0 saturated carbocycles. The van der Waals surface area contributed by atoms with Gasteiger partial charge in [0.15, 0.2) is 5.82 Å². The van der Waals surface area contributed by atoms with Crippen LogP contribution in [0.3, 0.4) is 0 Å². The van der Waals surface area contributed by atoms with Crippen molar-refractivity contribution in [1.29, 1.82) is 0 Å². The van der Waals surface area contributed by atoms with Crippen LogP contribution >= 0.6 is 11.6 Å². The van der Waals surface area contributed by atoms with Crippen LogP contribution in [0.5, 0.6) is 0 Å². The highest BCUT2D eigenvalue weighted by molar-refractivity contribution is 6.35. The van der Waals surface area contributed by atoms with Gasteiger partial charge >= 0.3 is 6.09 Å². The molecule has 1 aromatic carbocycles. The molecule has 1 atom stereocenters. The van der Waals surface area contributed by atoms with Crippen molar-refractivity contribution in [3.8, 4) is 0 Å². The molecule has 0 bridgehead atoms. The smallest absolute Gasteiger partial charge is 0.405 e. The van der Waals surface area contributed by atoms with E-state index >= 15 is 0 Å². The minimum absolute atomic E-state index is 0.173. The second-order valence-corrected chi connectivity index (χ2v) is 9.06. The number of nitrogens with zero attached hydrogens (tertiary/aromatic N) is 4. The molecule has 2 N–H and O–H groups in total. The lowest BCUT2D eigenvalue weighted by atomic mass is 10.2. The molecule has 1 fully saturated rings. The summed E-state index contributed by atoms with van der Waals surface area (Å²) in [6.07, 6.45) is -1.18. The molecule has 170 valence electrons. The molecule has 1 amide bonds. The number of hydrogen-bond acceptors (Lipinski definition) is 6. The number of amides is 1. The lowest BCUT2D eigenvalue weighted by molar-refractivity contribution is -0.0139. The van der Waals surface area contributed by atoms with Gasteiger partial charge in [0, 0.05) is 32.7 Å². The first-order chi connectivity index (χ1) is 14.6. The minimum atomic E-state index is -1.18. The number of piperazine rings is 1. The van der Waals surface area contributed by atoms with Gasteiger partial charge in [-0.1, -0.05) is 17.7 Å². The Kier molecular flexibility index (Phi) is 7.08. The van der Waals surface area contributed by atoms with Gasteiger partial charge in [-0.3, -0.25) is 9.69 Å². The fourth-order valence-electron chi connectivity index (χ4n) is 3.64. The molecule has 1 aliphatic heterocycles. The lowest BCUT2D eigenvalue weighted by Crippen LogP contribution is -2.56. The van der Waals surface area contributed by atoms with Crippen molar-refractivity contribution in [1.82, 2.24) is 19.9 Å². The van der Waals surface area contributed by atoms with E-state index < -0.39 is 12.1 Å². The Morgan fingerprint density at radius 3 is 2.58 bits per heavy atom. The highest BCUT2D eigenvalue weighted by Gasteiger charge is 2.25. The number of carbonyl (C=O) groups is 1. The standard InChI is InChI=1S/C21H30ClN5O4/c1-14(23-20(29)30)18-24-16-7-5-6-15(22)17(16)19(28)27(18)26-10-8-25(9-11-26)12-13-31-21(2,3)4/h5-7,14,23H,8-13H2,1-4H3,(H,29,30). The lowest BCUT2D eigenvalue weighted by Gasteiger charge is -2.38. The molecular weight excluding hydrogens is 422 g/mol. The average Bonchev–Trinajstić information content (AvgIpc) is 2.67. The molecule has 9 nitrogen and oxygen atoms in total. The molecule has 1 unspecified atom stereocenters. The first kappa shape index (κ1) is 23.3. The van der Waals surface area contributed by atoms with Crippen LogP contribution in [0.15, 0.2) is 23.0 Å². The first-order valence-corrected chi connectivity index (χ1v) is 10.8. The maximum Gasteiger partial charge on any atom is 0.405 e. The number of ether oxygens (including phenoxy) is 1. The van der Waals surface area contributed by atoms with E-state index in [2.05, 4.69) is 15.2 Å². The van der Waals surface area contributed by atoms with Gasteiger partial charge in [-0.15, -0.1) is 0 Å². The summed E-state index contributed by atoms with van der Waals surface area (Å²) in [6.45, 7) is 11.9. The van der Waals surface area contributed by atoms with Crippen LogP contribution in [0.25, 0.3) is 10.9 Å². The minimum Gasteiger partial charge on any atom is -0.465 e. The number of nitrogens with one attached hydrogen (secondary N) is 1. The number of benzene rings is 1. The summed E-state index contributed by atoms with van der Waals surface area (Å²) in [5.41, 5.74) is -0.0252. The van der Waals surface area contributed by atoms with Crippen LogP contribution in [0.2, 0.25) is 5.02 Å². The third kappa shape index (κ3) is 5.66. The largest absolute Gasteiger partial charge is 0.465 e. The summed E-state index contributed by atoms with van der Waals surface area (Å²) in [5, 5.41) is 14.1. The molecule has 31 heavy (non-hydrogen) atoms. The van der Waals surface area contributed by atoms with Gasteiger partial charge in [0.25, 0.3) is 5.56 Å². The van der Waals surface area contributed by atoms with E-state index in [1.165, 1.54) is 4.68 Å². The van der Waals surface area contributed by atoms with Gasteiger partial charge in [-0.25, -0.2) is 14.5 Å². The SMILES string of the molecule is CC(NC(=O)O)c1nc2cccc(Cl)c2c(=O)n1N1CCN(CCOC(C)(C)C)CC1. The molecule has 1 saturated heterocycles. The monoisotopic (exact) mass is 451 g/mol. The van der Waals surface area contributed by atoms with Crippen molar-refractivity contribution in [2.75, 3.05) is 44.3 Å². The predicted molar refractivity (Wildman–Crippen MR) is 121 cm³/mol. The zero-order chi connectivity index (χ0) is 22.8. The fourth-order valence-corrected chi connectivity index (χ4v) is 3.89. The number of fused-ring (bicyclic) bond motifs is 1. The van der Waals surface area contributed by atoms with Gasteiger partial charge in [0.1, 0.15) is 0 Å². The van der Waals surface area contributed by atoms with E-state index in [1.807, 2.05) is 25.8 Å². The summed E-state index contributed by atoms with van der Waals surface area (Å²) in [7, 11) is 0. The summed E-state index contributed by atoms with van der Waals surface area (Å²) >= 11 is 6.30. The second kappa shape index (κ2) is 9.42. The Labute approximate surface area is 186 Å². The van der Waals surface area contributed by atoms with Crippen molar-refractivity contribution in [3.05, 3.63) is 39.4 Å². The highest BCUT2D eigenvalue weighted by atomic mass is 35.5. The number of aromatic nitrogens is 2. The topological polar surface area (TPSA) is 99.9 Å². The second-order valence-electron chi connectivity index (χ2n) is 8.65. The molecule has 2 aromatic rings. The average molecular weight is 452 g/mol. The molecule has 0 aliphatic carbocycles. The third-order valence-electron chi connectivity index (χ3n) is 5.15. The molecule has 0 radical (unpaired) electrons. The first-order valence-electron chi connectivity index (χ1n) is 10.4. The molecule has 10 heteroatoms. The van der Waals surface area contributed by atoms with Crippen molar-refractivity contribution in [2.45, 2.75) is 39.3 Å². The highest BCUT2D eigenvalue weighted by Crippen LogP contribution is 2.21. The van der Waals surface area contributed by atoms with Crippen LogP contribution in [-0.2, 0) is 4.74 Å². The summed E-state index contributed by atoms with van der Waals surface area (Å²) < 4.78 is 7.30. The maximum absolute atomic E-state index is 13.4. The van der Waals surface area contributed by atoms with Crippen LogP contribution in [0.1, 0.15) is 39.6 Å². The van der Waals surface area contributed by atoms with E-state index in [9.17, 15) is 9.59 Å². The van der Waals surface area contributed by atoms with Gasteiger partial charge in [-0.2, -0.15) is 0 Å². The quantitative estimate of drug-likeness (QED) is 0.695. The number of hydrogen-bond donors (Lipinski definition) is 2. The molecule has 3 rings (SSSR count). The number of halogens is 1. The maximum atomic E-state index is 13.4. The van der Waals surface area contributed by atoms with Crippen molar-refractivity contribution < 1.29 is 14.6 Å². The Balaban J connectivity index is 1.87. The fraction of sp³-hybridized carbons (Fsp3) is 0.571. The van der Waals surface area contributed by atoms with E-state index in [0.29, 0.717) is 41.4 Å². The van der Waals surface area contributed by atoms with Gasteiger partial charge in [0.05, 0.1) is 34.2 Å². The van der Waals surface area contributed by atoms with Crippen molar-refractivity contribution in [3.63, 3.8) is 0 Å². The summed E-state index contributed by atoms with van der Waals surface area (Å²) in [4.78, 5) is 31.5. The Morgan fingerprint density at radius 1 is 1.29 bits per heavy atom. The molecule has 0 spiro atoms. The predicted octanol–water partition coefficient (Wildman–Crippen LogP) is 2.45. The third-order valence-corrected chi connectivity index (χ3v) is 5.47. The van der Waals surface area contributed by atoms with Gasteiger partial charge in [0.2, 0.25) is 0 Å². The molecule has 1 aromatic heterocycles. The van der Waals surface area contributed by atoms with Crippen LogP contribution < -0.4 is 15.9 Å². The van der Waals surface area contributed by atoms with Gasteiger partial charge < -0.3 is 20.2 Å². The number of carboxylic acid groups (broad SMARTS) is 1. The van der Waals surface area contributed by atoms with E-state index in [0.717, 1.165) is 19.6 Å². The van der Waals surface area contributed by atoms with Crippen molar-refractivity contribution >= 4 is 28.6 Å². The van der Waals surface area contributed by atoms with Crippen LogP contribution in [0, 0.1) is 0 Å². The van der Waals surface area contributed by atoms with E-state index in [4.69, 9.17) is 21.4 Å². The van der Waals surface area contributed by atoms with E-state index in [-0.39, 0.29) is 11.2 Å². The summed E-state index contributed by atoms with van der Waals surface area (Å²) in [6, 6.07) is 4.41. The van der Waals surface area contributed by atoms with Gasteiger partial charge in [-0.05, 0) is 39.8 Å². The molecule has 2 heterocycles. The van der Waals surface area contributed by atoms with Crippen molar-refractivity contribution in [2.24, 2.45) is 0 Å². The Hall–Kier alpha value is -2.36. The molecule has 1 aliphatic rings.